The molecule has 4 rings (SSSR count). The van der Waals surface area contributed by atoms with Crippen molar-refractivity contribution in [2.75, 3.05) is 19.6 Å². The standard InChI is InChI=1S/C22H23Cl2N5O2/c1-14-26-21(28-31-14)20-4-2-3-17(27-20)13-25-12-15-7-9-29(10-8-15)22(30)16-5-6-18(23)19(24)11-16/h2-6,11,15,25H,7-10,12-13H2,1H3. The zero-order chi connectivity index (χ0) is 21.8. The molecular formula is C22H23Cl2N5O2. The van der Waals surface area contributed by atoms with Gasteiger partial charge in [0, 0.05) is 32.1 Å². The second-order valence-electron chi connectivity index (χ2n) is 7.65. The zero-order valence-electron chi connectivity index (χ0n) is 17.1. The molecule has 1 saturated heterocycles. The van der Waals surface area contributed by atoms with Crippen molar-refractivity contribution in [1.82, 2.24) is 25.3 Å². The van der Waals surface area contributed by atoms with Crippen LogP contribution in [0.15, 0.2) is 40.9 Å². The summed E-state index contributed by atoms with van der Waals surface area (Å²) < 4.78 is 5.03. The average molecular weight is 460 g/mol. The first kappa shape index (κ1) is 21.7. The molecule has 0 saturated carbocycles. The minimum atomic E-state index is 0.00249. The number of aromatic nitrogens is 3. The van der Waals surface area contributed by atoms with Gasteiger partial charge in [-0.1, -0.05) is 34.4 Å². The van der Waals surface area contributed by atoms with E-state index >= 15 is 0 Å². The first-order chi connectivity index (χ1) is 15.0. The van der Waals surface area contributed by atoms with Gasteiger partial charge in [-0.25, -0.2) is 4.98 Å². The molecule has 7 nitrogen and oxygen atoms in total. The molecule has 1 aromatic carbocycles. The number of halogens is 2. The summed E-state index contributed by atoms with van der Waals surface area (Å²) in [6.07, 6.45) is 1.91. The van der Waals surface area contributed by atoms with Gasteiger partial charge in [-0.3, -0.25) is 4.79 Å². The van der Waals surface area contributed by atoms with Crippen LogP contribution in [0.3, 0.4) is 0 Å². The molecule has 1 fully saturated rings. The van der Waals surface area contributed by atoms with Crippen LogP contribution in [0.4, 0.5) is 0 Å². The molecule has 0 atom stereocenters. The van der Waals surface area contributed by atoms with Crippen molar-refractivity contribution in [2.24, 2.45) is 5.92 Å². The number of rotatable bonds is 6. The van der Waals surface area contributed by atoms with Gasteiger partial charge in [-0.15, -0.1) is 0 Å². The summed E-state index contributed by atoms with van der Waals surface area (Å²) in [5.41, 5.74) is 2.20. The normalized spacial score (nSPS) is 14.7. The highest BCUT2D eigenvalue weighted by molar-refractivity contribution is 6.42. The van der Waals surface area contributed by atoms with Crippen LogP contribution in [-0.4, -0.2) is 45.6 Å². The molecule has 0 aliphatic carbocycles. The molecule has 3 aromatic rings. The third kappa shape index (κ3) is 5.42. The van der Waals surface area contributed by atoms with Crippen LogP contribution >= 0.6 is 23.2 Å². The molecule has 1 aliphatic rings. The Morgan fingerprint density at radius 2 is 1.97 bits per heavy atom. The number of hydrogen-bond donors (Lipinski definition) is 1. The summed E-state index contributed by atoms with van der Waals surface area (Å²) >= 11 is 12.0. The number of likely N-dealkylation sites (tertiary alicyclic amines) is 1. The number of piperidine rings is 1. The third-order valence-corrected chi connectivity index (χ3v) is 6.11. The van der Waals surface area contributed by atoms with Crippen molar-refractivity contribution in [3.8, 4) is 11.5 Å². The van der Waals surface area contributed by atoms with Gasteiger partial charge in [0.1, 0.15) is 5.69 Å². The van der Waals surface area contributed by atoms with Gasteiger partial charge in [-0.2, -0.15) is 4.98 Å². The van der Waals surface area contributed by atoms with Crippen molar-refractivity contribution in [3.05, 3.63) is 63.6 Å². The lowest BCUT2D eigenvalue weighted by atomic mass is 9.96. The summed E-state index contributed by atoms with van der Waals surface area (Å²) in [6.45, 7) is 4.76. The molecule has 9 heteroatoms. The minimum Gasteiger partial charge on any atom is -0.339 e. The van der Waals surface area contributed by atoms with Gasteiger partial charge in [0.15, 0.2) is 0 Å². The van der Waals surface area contributed by atoms with E-state index in [1.807, 2.05) is 23.1 Å². The SMILES string of the molecule is Cc1nc(-c2cccc(CNCC3CCN(C(=O)c4ccc(Cl)c(Cl)c4)CC3)n2)no1. The fraction of sp³-hybridized carbons (Fsp3) is 0.364. The zero-order valence-corrected chi connectivity index (χ0v) is 18.7. The van der Waals surface area contributed by atoms with Crippen LogP contribution in [0.1, 0.15) is 34.8 Å². The molecule has 0 unspecified atom stereocenters. The van der Waals surface area contributed by atoms with Crippen LogP contribution in [0.2, 0.25) is 10.0 Å². The van der Waals surface area contributed by atoms with Gasteiger partial charge < -0.3 is 14.7 Å². The maximum atomic E-state index is 12.7. The Kier molecular flexibility index (Phi) is 6.85. The minimum absolute atomic E-state index is 0.00249. The molecular weight excluding hydrogens is 437 g/mol. The highest BCUT2D eigenvalue weighted by Gasteiger charge is 2.24. The van der Waals surface area contributed by atoms with Crippen molar-refractivity contribution < 1.29 is 9.32 Å². The Morgan fingerprint density at radius 3 is 2.68 bits per heavy atom. The largest absolute Gasteiger partial charge is 0.339 e. The molecule has 0 bridgehead atoms. The number of carbonyl (C=O) groups excluding carboxylic acids is 1. The Morgan fingerprint density at radius 1 is 1.16 bits per heavy atom. The number of pyridine rings is 1. The van der Waals surface area contributed by atoms with Gasteiger partial charge in [-0.05, 0) is 55.6 Å². The summed E-state index contributed by atoms with van der Waals surface area (Å²) in [5.74, 6) is 1.53. The molecule has 3 heterocycles. The molecule has 1 N–H and O–H groups in total. The highest BCUT2D eigenvalue weighted by atomic mass is 35.5. The average Bonchev–Trinajstić information content (AvgIpc) is 3.22. The Balaban J connectivity index is 1.24. The van der Waals surface area contributed by atoms with Crippen LogP contribution in [0, 0.1) is 12.8 Å². The summed E-state index contributed by atoms with van der Waals surface area (Å²) in [4.78, 5) is 23.4. The number of aryl methyl sites for hydroxylation is 1. The van der Waals surface area contributed by atoms with Crippen LogP contribution in [0.25, 0.3) is 11.5 Å². The topological polar surface area (TPSA) is 84.2 Å². The number of carbonyl (C=O) groups is 1. The number of nitrogens with one attached hydrogen (secondary N) is 1. The maximum absolute atomic E-state index is 12.7. The fourth-order valence-electron chi connectivity index (χ4n) is 3.66. The molecule has 1 amide bonds. The number of amides is 1. The molecule has 0 spiro atoms. The number of hydrogen-bond acceptors (Lipinski definition) is 6. The number of benzene rings is 1. The van der Waals surface area contributed by atoms with Gasteiger partial charge in [0.2, 0.25) is 11.7 Å². The van der Waals surface area contributed by atoms with E-state index < -0.39 is 0 Å². The number of nitrogens with zero attached hydrogens (tertiary/aromatic N) is 4. The second kappa shape index (κ2) is 9.77. The predicted molar refractivity (Wildman–Crippen MR) is 119 cm³/mol. The van der Waals surface area contributed by atoms with Crippen molar-refractivity contribution in [3.63, 3.8) is 0 Å². The Labute approximate surface area is 190 Å². The summed E-state index contributed by atoms with van der Waals surface area (Å²) in [6, 6.07) is 10.8. The summed E-state index contributed by atoms with van der Waals surface area (Å²) in [7, 11) is 0. The Bertz CT molecular complexity index is 1060. The first-order valence-electron chi connectivity index (χ1n) is 10.2. The summed E-state index contributed by atoms with van der Waals surface area (Å²) in [5, 5.41) is 8.26. The van der Waals surface area contributed by atoms with Crippen LogP contribution < -0.4 is 5.32 Å². The van der Waals surface area contributed by atoms with E-state index in [9.17, 15) is 4.79 Å². The van der Waals surface area contributed by atoms with Crippen molar-refractivity contribution in [1.29, 1.82) is 0 Å². The third-order valence-electron chi connectivity index (χ3n) is 5.37. The fourth-order valence-corrected chi connectivity index (χ4v) is 3.96. The monoisotopic (exact) mass is 459 g/mol. The smallest absolute Gasteiger partial charge is 0.253 e. The molecule has 1 aliphatic heterocycles. The Hall–Kier alpha value is -2.48. The molecule has 0 radical (unpaired) electrons. The first-order valence-corrected chi connectivity index (χ1v) is 11.0. The molecule has 2 aromatic heterocycles. The lowest BCUT2D eigenvalue weighted by Gasteiger charge is -2.32. The molecule has 31 heavy (non-hydrogen) atoms. The van der Waals surface area contributed by atoms with E-state index in [4.69, 9.17) is 27.7 Å². The lowest BCUT2D eigenvalue weighted by Crippen LogP contribution is -2.40. The highest BCUT2D eigenvalue weighted by Crippen LogP contribution is 2.25. The van der Waals surface area contributed by atoms with E-state index in [2.05, 4.69) is 20.4 Å². The molecule has 162 valence electrons. The van der Waals surface area contributed by atoms with E-state index in [0.29, 0.717) is 45.5 Å². The maximum Gasteiger partial charge on any atom is 0.253 e. The lowest BCUT2D eigenvalue weighted by molar-refractivity contribution is 0.0690. The van der Waals surface area contributed by atoms with Gasteiger partial charge in [0.05, 0.1) is 15.7 Å². The quantitative estimate of drug-likeness (QED) is 0.588. The van der Waals surface area contributed by atoms with E-state index in [1.165, 1.54) is 0 Å². The van der Waals surface area contributed by atoms with Crippen molar-refractivity contribution >= 4 is 29.1 Å². The van der Waals surface area contributed by atoms with E-state index in [1.54, 1.807) is 25.1 Å². The van der Waals surface area contributed by atoms with Gasteiger partial charge in [0.25, 0.3) is 5.91 Å². The van der Waals surface area contributed by atoms with E-state index in [0.717, 1.165) is 38.2 Å². The van der Waals surface area contributed by atoms with E-state index in [-0.39, 0.29) is 5.91 Å². The van der Waals surface area contributed by atoms with Crippen LogP contribution in [0.5, 0.6) is 0 Å². The van der Waals surface area contributed by atoms with Gasteiger partial charge >= 0.3 is 0 Å². The van der Waals surface area contributed by atoms with Crippen molar-refractivity contribution in [2.45, 2.75) is 26.3 Å². The second-order valence-corrected chi connectivity index (χ2v) is 8.46. The predicted octanol–water partition coefficient (Wildman–Crippen LogP) is 4.39. The van der Waals surface area contributed by atoms with Crippen LogP contribution in [-0.2, 0) is 6.54 Å².